The van der Waals surface area contributed by atoms with E-state index in [1.807, 2.05) is 26.0 Å². The predicted molar refractivity (Wildman–Crippen MR) is 141 cm³/mol. The van der Waals surface area contributed by atoms with Crippen LogP contribution in [-0.4, -0.2) is 16.8 Å². The van der Waals surface area contributed by atoms with Crippen LogP contribution in [0.25, 0.3) is 4.85 Å². The lowest BCUT2D eigenvalue weighted by Crippen LogP contribution is -2.65. The van der Waals surface area contributed by atoms with Crippen LogP contribution in [0.4, 0.5) is 0 Å². The van der Waals surface area contributed by atoms with Crippen molar-refractivity contribution >= 4 is 28.4 Å². The molecule has 0 amide bonds. The van der Waals surface area contributed by atoms with Crippen molar-refractivity contribution in [2.24, 2.45) is 50.2 Å². The van der Waals surface area contributed by atoms with Crippen LogP contribution in [0.3, 0.4) is 0 Å². The van der Waals surface area contributed by atoms with Gasteiger partial charge >= 0.3 is 0 Å². The molecule has 5 heteroatoms. The second-order valence-corrected chi connectivity index (χ2v) is 15.0. The van der Waals surface area contributed by atoms with E-state index in [1.54, 1.807) is 0 Å². The third-order valence-corrected chi connectivity index (χ3v) is 12.6. The van der Waals surface area contributed by atoms with Crippen LogP contribution >= 0.6 is 11.6 Å². The molecule has 0 aromatic carbocycles. The van der Waals surface area contributed by atoms with Gasteiger partial charge in [-0.3, -0.25) is 9.59 Å². The Balaban J connectivity index is 1.71. The Morgan fingerprint density at radius 1 is 1.00 bits per heavy atom. The monoisotopic (exact) mass is 509 g/mol. The largest absolute Gasteiger partial charge is 0.307 e. The number of carbonyl (C=O) groups excluding carboxylic acids is 3. The Labute approximate surface area is 221 Å². The van der Waals surface area contributed by atoms with Crippen LogP contribution in [-0.2, 0) is 14.4 Å². The lowest BCUT2D eigenvalue weighted by atomic mass is 9.34. The van der Waals surface area contributed by atoms with Gasteiger partial charge in [-0.15, -0.1) is 0 Å². The molecule has 0 radical (unpaired) electrons. The highest BCUT2D eigenvalue weighted by Gasteiger charge is 2.70. The second-order valence-electron chi connectivity index (χ2n) is 14.7. The minimum Gasteiger partial charge on any atom is -0.307 e. The van der Waals surface area contributed by atoms with Gasteiger partial charge in [0.25, 0.3) is 0 Å². The number of hydrogen-bond donors (Lipinski definition) is 0. The molecule has 0 saturated heterocycles. The molecule has 194 valence electrons. The van der Waals surface area contributed by atoms with Crippen molar-refractivity contribution in [2.45, 2.75) is 93.4 Å². The quantitative estimate of drug-likeness (QED) is 0.275. The van der Waals surface area contributed by atoms with Crippen molar-refractivity contribution in [3.8, 4) is 0 Å². The Morgan fingerprint density at radius 2 is 1.64 bits per heavy atom. The van der Waals surface area contributed by atoms with E-state index in [2.05, 4.69) is 39.5 Å². The van der Waals surface area contributed by atoms with E-state index in [-0.39, 0.29) is 56.5 Å². The average Bonchev–Trinajstić information content (AvgIpc) is 2.77. The summed E-state index contributed by atoms with van der Waals surface area (Å²) < 4.78 is 0. The molecule has 5 rings (SSSR count). The van der Waals surface area contributed by atoms with Crippen LogP contribution in [0.1, 0.15) is 93.4 Å². The summed E-state index contributed by atoms with van der Waals surface area (Å²) in [5.41, 5.74) is -1.02. The zero-order valence-corrected chi connectivity index (χ0v) is 23.6. The van der Waals surface area contributed by atoms with Crippen molar-refractivity contribution in [1.82, 2.24) is 0 Å². The molecule has 0 N–H and O–H groups in total. The van der Waals surface area contributed by atoms with E-state index in [4.69, 9.17) is 18.2 Å². The van der Waals surface area contributed by atoms with Crippen molar-refractivity contribution in [3.63, 3.8) is 0 Å². The molecular formula is C31H40ClNO3. The smallest absolute Gasteiger partial charge is 0.228 e. The van der Waals surface area contributed by atoms with Gasteiger partial charge in [0.05, 0.1) is 6.57 Å². The number of nitrogens with zero attached hydrogens (tertiary/aromatic N) is 1. The van der Waals surface area contributed by atoms with E-state index in [0.29, 0.717) is 0 Å². The summed E-state index contributed by atoms with van der Waals surface area (Å²) in [4.78, 5) is 44.1. The third-order valence-electron chi connectivity index (χ3n) is 12.2. The van der Waals surface area contributed by atoms with Crippen molar-refractivity contribution in [3.05, 3.63) is 34.8 Å². The average molecular weight is 510 g/mol. The molecule has 3 fully saturated rings. The molecule has 0 spiro atoms. The van der Waals surface area contributed by atoms with Gasteiger partial charge in [-0.25, -0.2) is 4.85 Å². The fourth-order valence-corrected chi connectivity index (χ4v) is 10.3. The number of Topliss-reactive ketones (excluding diaryl/α,β-unsaturated/α-hetero) is 1. The van der Waals surface area contributed by atoms with Crippen LogP contribution in [0.2, 0.25) is 0 Å². The number of fused-ring (bicyclic) bond motifs is 7. The van der Waals surface area contributed by atoms with Crippen LogP contribution in [0.15, 0.2) is 23.4 Å². The zero-order valence-electron chi connectivity index (χ0n) is 22.9. The number of carbonyl (C=O) groups is 3. The first kappa shape index (κ1) is 25.9. The number of rotatable bonds is 1. The zero-order chi connectivity index (χ0) is 26.7. The summed E-state index contributed by atoms with van der Waals surface area (Å²) in [5.74, 6) is -0.232. The first-order valence-electron chi connectivity index (χ1n) is 13.6. The van der Waals surface area contributed by atoms with Crippen molar-refractivity contribution in [2.75, 3.05) is 0 Å². The van der Waals surface area contributed by atoms with E-state index >= 15 is 0 Å². The van der Waals surface area contributed by atoms with Crippen molar-refractivity contribution < 1.29 is 14.4 Å². The summed E-state index contributed by atoms with van der Waals surface area (Å²) >= 11 is 6.37. The molecule has 0 aromatic rings. The van der Waals surface area contributed by atoms with E-state index in [0.717, 1.165) is 50.5 Å². The first-order valence-corrected chi connectivity index (χ1v) is 14.0. The molecular weight excluding hydrogens is 470 g/mol. The number of allylic oxidation sites excluding steroid dienone is 4. The van der Waals surface area contributed by atoms with Gasteiger partial charge in [-0.1, -0.05) is 60.1 Å². The fourth-order valence-electron chi connectivity index (χ4n) is 9.94. The molecule has 5 aliphatic carbocycles. The van der Waals surface area contributed by atoms with Gasteiger partial charge in [-0.2, -0.15) is 0 Å². The molecule has 3 saturated carbocycles. The fraction of sp³-hybridized carbons (Fsp3) is 0.742. The lowest BCUT2D eigenvalue weighted by molar-refractivity contribution is -0.173. The molecule has 0 aromatic heterocycles. The van der Waals surface area contributed by atoms with Crippen LogP contribution < -0.4 is 0 Å². The maximum absolute atomic E-state index is 14.3. The predicted octanol–water partition coefficient (Wildman–Crippen LogP) is 7.32. The second kappa shape index (κ2) is 7.43. The first-order chi connectivity index (χ1) is 16.5. The molecule has 0 bridgehead atoms. The van der Waals surface area contributed by atoms with Gasteiger partial charge in [0, 0.05) is 22.2 Å². The number of hydrogen-bond acceptors (Lipinski definition) is 3. The van der Waals surface area contributed by atoms with Gasteiger partial charge in [-0.05, 0) is 90.7 Å². The summed E-state index contributed by atoms with van der Waals surface area (Å²) in [5, 5.41) is -0.259. The molecule has 4 nitrogen and oxygen atoms in total. The van der Waals surface area contributed by atoms with Crippen LogP contribution in [0.5, 0.6) is 0 Å². The molecule has 0 heterocycles. The Kier molecular flexibility index (Phi) is 5.35. The molecule has 5 aliphatic rings. The highest BCUT2D eigenvalue weighted by Crippen LogP contribution is 2.74. The standard InChI is InChI=1S/C31H40ClNO3/c1-26(2)11-13-31(25(32)36)14-12-30(7)23(18(31)16-26)20(34)15-22-28(5)17-19(33-8)24(35)27(3,4)21(28)9-10-29(22,30)6/h15,17-18,21,23H,9-14,16H2,1-7H3/t18?,21-,23-,28-,29+,30+,31-/m0/s1. The third kappa shape index (κ3) is 2.96. The summed E-state index contributed by atoms with van der Waals surface area (Å²) in [6.07, 6.45) is 9.60. The summed E-state index contributed by atoms with van der Waals surface area (Å²) in [6.45, 7) is 22.9. The highest BCUT2D eigenvalue weighted by molar-refractivity contribution is 6.64. The van der Waals surface area contributed by atoms with Gasteiger partial charge < -0.3 is 4.79 Å². The van der Waals surface area contributed by atoms with Crippen LogP contribution in [0, 0.1) is 56.8 Å². The van der Waals surface area contributed by atoms with Gasteiger partial charge in [0.1, 0.15) is 0 Å². The maximum Gasteiger partial charge on any atom is 0.228 e. The Bertz CT molecular complexity index is 1190. The maximum atomic E-state index is 14.3. The van der Waals surface area contributed by atoms with E-state index in [9.17, 15) is 14.4 Å². The molecule has 7 atom stereocenters. The number of halogens is 1. The summed E-state index contributed by atoms with van der Waals surface area (Å²) in [6, 6.07) is 0. The lowest BCUT2D eigenvalue weighted by Gasteiger charge is -2.69. The SMILES string of the molecule is [C-]#[N+]C1=C[C@]2(C)C3=CC(=O)[C@@H]4C5CC(C)(C)CC[C@]5(C(=O)Cl)CC[C@@]4(C)[C@]3(C)CC[C@H]2C(C)(C)C1=O. The number of ketones is 2. The minimum atomic E-state index is -0.660. The Hall–Kier alpha value is -1.73. The van der Waals surface area contributed by atoms with E-state index in [1.165, 1.54) is 0 Å². The minimum absolute atomic E-state index is 0.0380. The molecule has 36 heavy (non-hydrogen) atoms. The van der Waals surface area contributed by atoms with Gasteiger partial charge in [0.15, 0.2) is 11.6 Å². The molecule has 1 unspecified atom stereocenters. The molecule has 0 aliphatic heterocycles. The topological polar surface area (TPSA) is 55.6 Å². The van der Waals surface area contributed by atoms with E-state index < -0.39 is 16.2 Å². The normalized spacial score (nSPS) is 46.7. The van der Waals surface area contributed by atoms with Gasteiger partial charge in [0.2, 0.25) is 10.9 Å². The summed E-state index contributed by atoms with van der Waals surface area (Å²) in [7, 11) is 0. The van der Waals surface area contributed by atoms with Crippen molar-refractivity contribution in [1.29, 1.82) is 0 Å². The Morgan fingerprint density at radius 3 is 2.25 bits per heavy atom. The highest BCUT2D eigenvalue weighted by atomic mass is 35.5.